The van der Waals surface area contributed by atoms with E-state index < -0.39 is 23.1 Å². The quantitative estimate of drug-likeness (QED) is 0.824. The molecule has 0 aliphatic rings. The first-order valence-electron chi connectivity index (χ1n) is 6.69. The van der Waals surface area contributed by atoms with E-state index in [2.05, 4.69) is 10.6 Å². The van der Waals surface area contributed by atoms with Crippen molar-refractivity contribution in [3.63, 3.8) is 0 Å². The Morgan fingerprint density at radius 1 is 1.13 bits per heavy atom. The number of amides is 1. The van der Waals surface area contributed by atoms with Gasteiger partial charge < -0.3 is 10.6 Å². The number of anilines is 1. The number of hydrogen-bond acceptors (Lipinski definition) is 3. The molecule has 0 radical (unpaired) electrons. The molecule has 1 amide bonds. The third kappa shape index (κ3) is 3.96. The van der Waals surface area contributed by atoms with Crippen molar-refractivity contribution in [1.82, 2.24) is 5.32 Å². The van der Waals surface area contributed by atoms with Crippen LogP contribution >= 0.6 is 11.6 Å². The zero-order valence-electron chi connectivity index (χ0n) is 11.9. The second kappa shape index (κ2) is 7.56. The number of rotatable bonds is 5. The van der Waals surface area contributed by atoms with Crippen molar-refractivity contribution in [3.05, 3.63) is 64.2 Å². The maximum atomic E-state index is 13.5. The first-order chi connectivity index (χ1) is 11.0. The fourth-order valence-electron chi connectivity index (χ4n) is 1.96. The summed E-state index contributed by atoms with van der Waals surface area (Å²) < 4.78 is 26.9. The van der Waals surface area contributed by atoms with Crippen LogP contribution in [0.4, 0.5) is 14.5 Å². The Bertz CT molecular complexity index is 754. The Hall–Kier alpha value is -2.65. The van der Waals surface area contributed by atoms with Crippen molar-refractivity contribution in [2.45, 2.75) is 0 Å². The van der Waals surface area contributed by atoms with Gasteiger partial charge in [0.15, 0.2) is 0 Å². The molecule has 0 spiro atoms. The molecule has 7 heteroatoms. The highest BCUT2D eigenvalue weighted by atomic mass is 35.5. The summed E-state index contributed by atoms with van der Waals surface area (Å²) in [5.74, 6) is -2.69. The van der Waals surface area contributed by atoms with Gasteiger partial charge in [0.2, 0.25) is 0 Å². The van der Waals surface area contributed by atoms with Gasteiger partial charge in [-0.15, -0.1) is 0 Å². The number of carbonyl (C=O) groups is 1. The monoisotopic (exact) mass is 335 g/mol. The number of nitriles is 1. The highest BCUT2D eigenvalue weighted by Crippen LogP contribution is 2.24. The number of para-hydroxylation sites is 1. The molecule has 0 atom stereocenters. The van der Waals surface area contributed by atoms with Crippen LogP contribution in [0.1, 0.15) is 15.9 Å². The highest BCUT2D eigenvalue weighted by molar-refractivity contribution is 6.33. The molecule has 0 heterocycles. The molecule has 0 saturated heterocycles. The van der Waals surface area contributed by atoms with Crippen LogP contribution in [-0.2, 0) is 0 Å². The number of hydrogen-bond donors (Lipinski definition) is 2. The Morgan fingerprint density at radius 2 is 1.78 bits per heavy atom. The van der Waals surface area contributed by atoms with E-state index in [0.29, 0.717) is 16.3 Å². The van der Waals surface area contributed by atoms with Crippen LogP contribution in [0.5, 0.6) is 0 Å². The van der Waals surface area contributed by atoms with Gasteiger partial charge in [-0.25, -0.2) is 8.78 Å². The van der Waals surface area contributed by atoms with Crippen LogP contribution in [0.15, 0.2) is 36.4 Å². The highest BCUT2D eigenvalue weighted by Gasteiger charge is 2.16. The largest absolute Gasteiger partial charge is 0.381 e. The number of nitrogens with one attached hydrogen (secondary N) is 2. The molecule has 4 nitrogen and oxygen atoms in total. The molecule has 2 aromatic carbocycles. The van der Waals surface area contributed by atoms with Crippen LogP contribution in [0.2, 0.25) is 5.02 Å². The molecule has 0 aliphatic heterocycles. The van der Waals surface area contributed by atoms with Crippen molar-refractivity contribution in [2.75, 3.05) is 18.4 Å². The average molecular weight is 336 g/mol. The zero-order valence-corrected chi connectivity index (χ0v) is 12.6. The van der Waals surface area contributed by atoms with Crippen LogP contribution in [0.3, 0.4) is 0 Å². The molecule has 2 N–H and O–H groups in total. The second-order valence-electron chi connectivity index (χ2n) is 4.55. The maximum Gasteiger partial charge on any atom is 0.257 e. The first-order valence-corrected chi connectivity index (χ1v) is 7.07. The average Bonchev–Trinajstić information content (AvgIpc) is 2.52. The predicted octanol–water partition coefficient (Wildman–Crippen LogP) is 3.33. The third-order valence-corrected chi connectivity index (χ3v) is 3.35. The van der Waals surface area contributed by atoms with Gasteiger partial charge in [0.1, 0.15) is 23.3 Å². The molecule has 0 unspecified atom stereocenters. The molecule has 23 heavy (non-hydrogen) atoms. The normalized spacial score (nSPS) is 10.0. The van der Waals surface area contributed by atoms with Gasteiger partial charge in [-0.05, 0) is 24.3 Å². The summed E-state index contributed by atoms with van der Waals surface area (Å²) in [6, 6.07) is 10.1. The van der Waals surface area contributed by atoms with Gasteiger partial charge in [0.05, 0.1) is 16.3 Å². The van der Waals surface area contributed by atoms with Crippen molar-refractivity contribution in [2.24, 2.45) is 0 Å². The zero-order chi connectivity index (χ0) is 16.8. The van der Waals surface area contributed by atoms with E-state index in [0.717, 1.165) is 12.1 Å². The minimum Gasteiger partial charge on any atom is -0.381 e. The lowest BCUT2D eigenvalue weighted by Gasteiger charge is -2.11. The van der Waals surface area contributed by atoms with Crippen LogP contribution in [0.25, 0.3) is 0 Å². The van der Waals surface area contributed by atoms with E-state index in [1.807, 2.05) is 6.07 Å². The maximum absolute atomic E-state index is 13.5. The molecule has 118 valence electrons. The standard InChI is InChI=1S/C16H12ClF2N3O/c17-11-4-1-3-10(9-20)15(11)21-7-8-22-16(23)14-12(18)5-2-6-13(14)19/h1-6,21H,7-8H2,(H,22,23). The van der Waals surface area contributed by atoms with Crippen LogP contribution < -0.4 is 10.6 Å². The lowest BCUT2D eigenvalue weighted by molar-refractivity contribution is 0.0947. The Labute approximate surface area is 136 Å². The molecule has 0 saturated carbocycles. The minimum absolute atomic E-state index is 0.0999. The molecule has 0 aromatic heterocycles. The molecule has 2 rings (SSSR count). The van der Waals surface area contributed by atoms with E-state index in [1.165, 1.54) is 6.07 Å². The van der Waals surface area contributed by atoms with E-state index in [-0.39, 0.29) is 13.1 Å². The van der Waals surface area contributed by atoms with Gasteiger partial charge in [-0.2, -0.15) is 5.26 Å². The Balaban J connectivity index is 1.94. The van der Waals surface area contributed by atoms with Gasteiger partial charge in [-0.3, -0.25) is 4.79 Å². The summed E-state index contributed by atoms with van der Waals surface area (Å²) in [4.78, 5) is 11.8. The van der Waals surface area contributed by atoms with Crippen molar-refractivity contribution in [3.8, 4) is 6.07 Å². The summed E-state index contributed by atoms with van der Waals surface area (Å²) in [7, 11) is 0. The lowest BCUT2D eigenvalue weighted by Crippen LogP contribution is -2.30. The second-order valence-corrected chi connectivity index (χ2v) is 4.96. The summed E-state index contributed by atoms with van der Waals surface area (Å²) in [6.45, 7) is 0.336. The minimum atomic E-state index is -0.923. The smallest absolute Gasteiger partial charge is 0.257 e. The van der Waals surface area contributed by atoms with E-state index >= 15 is 0 Å². The molecular formula is C16H12ClF2N3O. The fourth-order valence-corrected chi connectivity index (χ4v) is 2.20. The Kier molecular flexibility index (Phi) is 5.50. The summed E-state index contributed by atoms with van der Waals surface area (Å²) >= 11 is 5.99. The van der Waals surface area contributed by atoms with Crippen molar-refractivity contribution >= 4 is 23.2 Å². The lowest BCUT2D eigenvalue weighted by atomic mass is 10.2. The van der Waals surface area contributed by atoms with Gasteiger partial charge >= 0.3 is 0 Å². The SMILES string of the molecule is N#Cc1cccc(Cl)c1NCCNC(=O)c1c(F)cccc1F. The number of benzene rings is 2. The van der Waals surface area contributed by atoms with Crippen molar-refractivity contribution in [1.29, 1.82) is 5.26 Å². The van der Waals surface area contributed by atoms with Crippen LogP contribution in [-0.4, -0.2) is 19.0 Å². The first kappa shape index (κ1) is 16.7. The van der Waals surface area contributed by atoms with Gasteiger partial charge in [0.25, 0.3) is 5.91 Å². The van der Waals surface area contributed by atoms with E-state index in [9.17, 15) is 13.6 Å². The molecular weight excluding hydrogens is 324 g/mol. The van der Waals surface area contributed by atoms with Crippen LogP contribution in [0, 0.1) is 23.0 Å². The fraction of sp³-hybridized carbons (Fsp3) is 0.125. The van der Waals surface area contributed by atoms with Crippen molar-refractivity contribution < 1.29 is 13.6 Å². The molecule has 0 fully saturated rings. The molecule has 0 aliphatic carbocycles. The molecule has 0 bridgehead atoms. The Morgan fingerprint density at radius 3 is 2.43 bits per heavy atom. The number of nitrogens with zero attached hydrogens (tertiary/aromatic N) is 1. The molecule has 2 aromatic rings. The van der Waals surface area contributed by atoms with E-state index in [1.54, 1.807) is 18.2 Å². The topological polar surface area (TPSA) is 64.9 Å². The van der Waals surface area contributed by atoms with E-state index in [4.69, 9.17) is 16.9 Å². The summed E-state index contributed by atoms with van der Waals surface area (Å²) in [5, 5.41) is 14.7. The van der Waals surface area contributed by atoms with Gasteiger partial charge in [-0.1, -0.05) is 23.7 Å². The number of carbonyl (C=O) groups excluding carboxylic acids is 1. The predicted molar refractivity (Wildman–Crippen MR) is 83.3 cm³/mol. The third-order valence-electron chi connectivity index (χ3n) is 3.04. The van der Waals surface area contributed by atoms with Gasteiger partial charge in [0, 0.05) is 13.1 Å². The summed E-state index contributed by atoms with van der Waals surface area (Å²) in [6.07, 6.45) is 0. The number of halogens is 3. The summed E-state index contributed by atoms with van der Waals surface area (Å²) in [5.41, 5.74) is 0.190.